The molecule has 69 heavy (non-hydrogen) atoms. The Morgan fingerprint density at radius 3 is 1.06 bits per heavy atom. The van der Waals surface area contributed by atoms with E-state index in [9.17, 15) is 10.5 Å². The van der Waals surface area contributed by atoms with E-state index in [2.05, 4.69) is 118 Å². The maximum Gasteiger partial charge on any atom is 0.601 e. The molecule has 0 fully saturated rings. The highest BCUT2D eigenvalue weighted by Crippen LogP contribution is 2.43. The van der Waals surface area contributed by atoms with Crippen LogP contribution in [0.15, 0.2) is 252 Å². The number of hydrogen-bond donors (Lipinski definition) is 0. The van der Waals surface area contributed by atoms with E-state index in [0.29, 0.717) is 11.1 Å². The second kappa shape index (κ2) is 17.4. The van der Waals surface area contributed by atoms with E-state index in [1.807, 2.05) is 133 Å². The van der Waals surface area contributed by atoms with Gasteiger partial charge in [0.1, 0.15) is 0 Å². The number of aliphatic imine (C=N–C) groups is 2. The Labute approximate surface area is 400 Å². The summed E-state index contributed by atoms with van der Waals surface area (Å²) < 4.78 is 20.3. The maximum atomic E-state index is 11.6. The van der Waals surface area contributed by atoms with Gasteiger partial charge in [0.25, 0.3) is 0 Å². The van der Waals surface area contributed by atoms with Crippen LogP contribution in [0.25, 0.3) is 22.3 Å². The van der Waals surface area contributed by atoms with Crippen LogP contribution in [-0.4, -0.2) is 28.8 Å². The topological polar surface area (TPSA) is 101 Å². The van der Waals surface area contributed by atoms with E-state index < -0.39 is 21.1 Å². The molecule has 8 aromatic rings. The number of nitrogens with zero attached hydrogens (tertiary/aromatic N) is 6. The normalized spacial score (nSPS) is 17.5. The molecule has 0 saturated heterocycles. The molecule has 0 N–H and O–H groups in total. The third-order valence-electron chi connectivity index (χ3n) is 12.9. The molecule has 2 unspecified atom stereocenters. The van der Waals surface area contributed by atoms with Crippen LogP contribution in [0.1, 0.15) is 57.0 Å². The highest BCUT2D eigenvalue weighted by Gasteiger charge is 2.55. The molecule has 4 aliphatic heterocycles. The third-order valence-corrected chi connectivity index (χ3v) is 16.1. The number of hydrogen-bond acceptors (Lipinski definition) is 6. The smallest absolute Gasteiger partial charge is 0.340 e. The third kappa shape index (κ3) is 7.05. The predicted molar refractivity (Wildman–Crippen MR) is 272 cm³/mol. The van der Waals surface area contributed by atoms with Gasteiger partial charge in [-0.1, -0.05) is 182 Å². The largest absolute Gasteiger partial charge is 0.601 e. The van der Waals surface area contributed by atoms with Crippen molar-refractivity contribution in [3.8, 4) is 12.1 Å². The lowest BCUT2D eigenvalue weighted by Crippen LogP contribution is -2.66. The van der Waals surface area contributed by atoms with Gasteiger partial charge in [0.2, 0.25) is 0 Å². The fraction of sp³-hybridized carbons (Fsp3) is 0.0333. The SMILES string of the molecule is N#CC(O[Si]1(OC(C#N)c2ccccc2)n2c3ccc2C(c2ccccc2)=C2C=CC(=N2)C(c2ccccc2)=c2ccc(n21)=C(c1ccccc1)C1=NC(=C3c2ccccc2)C=C1)c1ccccc1. The second-order valence-corrected chi connectivity index (χ2v) is 19.4. The lowest BCUT2D eigenvalue weighted by Gasteiger charge is -2.39. The van der Waals surface area contributed by atoms with Crippen LogP contribution >= 0.6 is 0 Å². The van der Waals surface area contributed by atoms with Crippen LogP contribution in [0.5, 0.6) is 0 Å². The molecule has 2 aromatic heterocycles. The van der Waals surface area contributed by atoms with Crippen molar-refractivity contribution in [3.63, 3.8) is 0 Å². The van der Waals surface area contributed by atoms with Crippen LogP contribution in [0.2, 0.25) is 0 Å². The summed E-state index contributed by atoms with van der Waals surface area (Å²) >= 11 is 0. The minimum Gasteiger partial charge on any atom is -0.340 e. The Kier molecular flexibility index (Phi) is 10.4. The molecule has 6 heterocycles. The molecule has 6 aromatic carbocycles. The number of benzene rings is 6. The van der Waals surface area contributed by atoms with Crippen LogP contribution in [0, 0.1) is 22.7 Å². The molecule has 0 saturated carbocycles. The van der Waals surface area contributed by atoms with Crippen molar-refractivity contribution in [1.29, 1.82) is 10.5 Å². The zero-order chi connectivity index (χ0) is 46.3. The number of nitriles is 2. The fourth-order valence-electron chi connectivity index (χ4n) is 9.91. The molecule has 0 aliphatic carbocycles. The van der Waals surface area contributed by atoms with Crippen molar-refractivity contribution in [2.75, 3.05) is 0 Å². The Morgan fingerprint density at radius 2 is 0.710 bits per heavy atom. The lowest BCUT2D eigenvalue weighted by atomic mass is 10.0. The number of allylic oxidation sites excluding steroid dienone is 4. The van der Waals surface area contributed by atoms with E-state index in [1.165, 1.54) is 0 Å². The molecule has 9 heteroatoms. The van der Waals surface area contributed by atoms with Gasteiger partial charge in [-0.05, 0) is 82.0 Å². The first-order chi connectivity index (χ1) is 34.1. The predicted octanol–water partition coefficient (Wildman–Crippen LogP) is 10.7. The number of rotatable bonds is 10. The summed E-state index contributed by atoms with van der Waals surface area (Å²) in [4.78, 5) is 11.1. The Hall–Kier alpha value is -8.96. The monoisotopic (exact) mass is 904 g/mol. The number of aromatic nitrogens is 2. The molecular weight excluding hydrogens is 865 g/mol. The molecule has 2 atom stereocenters. The van der Waals surface area contributed by atoms with Crippen molar-refractivity contribution >= 4 is 42.6 Å². The molecule has 12 rings (SSSR count). The van der Waals surface area contributed by atoms with Crippen LogP contribution in [0.4, 0.5) is 0 Å². The van der Waals surface area contributed by atoms with E-state index in [1.54, 1.807) is 0 Å². The van der Waals surface area contributed by atoms with Gasteiger partial charge < -0.3 is 17.3 Å². The lowest BCUT2D eigenvalue weighted by molar-refractivity contribution is 0.0997. The van der Waals surface area contributed by atoms with Crippen molar-refractivity contribution in [1.82, 2.24) is 8.47 Å². The Balaban J connectivity index is 1.39. The molecule has 0 amide bonds. The van der Waals surface area contributed by atoms with Gasteiger partial charge in [-0.15, -0.1) is 0 Å². The first-order valence-electron chi connectivity index (χ1n) is 22.8. The van der Waals surface area contributed by atoms with E-state index in [-0.39, 0.29) is 0 Å². The average Bonchev–Trinajstić information content (AvgIpc) is 4.26. The highest BCUT2D eigenvalue weighted by molar-refractivity contribution is 6.65. The van der Waals surface area contributed by atoms with E-state index in [4.69, 9.17) is 18.8 Å². The van der Waals surface area contributed by atoms with Gasteiger partial charge in [-0.2, -0.15) is 10.5 Å². The highest BCUT2D eigenvalue weighted by atomic mass is 28.4. The van der Waals surface area contributed by atoms with Gasteiger partial charge in [0, 0.05) is 44.4 Å². The van der Waals surface area contributed by atoms with Crippen molar-refractivity contribution in [2.24, 2.45) is 9.98 Å². The maximum absolute atomic E-state index is 11.6. The zero-order valence-electron chi connectivity index (χ0n) is 37.1. The Bertz CT molecular complexity index is 3490. The molecule has 326 valence electrons. The summed E-state index contributed by atoms with van der Waals surface area (Å²) in [5.74, 6) is 0. The summed E-state index contributed by atoms with van der Waals surface area (Å²) in [6.07, 6.45) is 5.95. The van der Waals surface area contributed by atoms with Gasteiger partial charge in [0.05, 0.1) is 35.0 Å². The molecule has 0 spiro atoms. The summed E-state index contributed by atoms with van der Waals surface area (Å²) in [7, 11) is -4.85. The molecule has 0 radical (unpaired) electrons. The minimum atomic E-state index is -4.85. The van der Waals surface area contributed by atoms with E-state index >= 15 is 0 Å². The van der Waals surface area contributed by atoms with Gasteiger partial charge >= 0.3 is 8.88 Å². The second-order valence-electron chi connectivity index (χ2n) is 16.9. The van der Waals surface area contributed by atoms with Gasteiger partial charge in [0.15, 0.2) is 12.2 Å². The van der Waals surface area contributed by atoms with Crippen molar-refractivity contribution < 1.29 is 8.85 Å². The molecule has 6 bridgehead atoms. The minimum absolute atomic E-state index is 0.637. The van der Waals surface area contributed by atoms with Crippen molar-refractivity contribution in [2.45, 2.75) is 12.2 Å². The molecular formula is C60H40N6O2Si. The fourth-order valence-corrected chi connectivity index (χ4v) is 13.5. The Morgan fingerprint density at radius 1 is 0.377 bits per heavy atom. The summed E-state index contributed by atoms with van der Waals surface area (Å²) in [5.41, 5.74) is 12.5. The van der Waals surface area contributed by atoms with Crippen LogP contribution < -0.4 is 10.7 Å². The first kappa shape index (κ1) is 41.5. The summed E-state index contributed by atoms with van der Waals surface area (Å²) in [6, 6.07) is 73.6. The summed E-state index contributed by atoms with van der Waals surface area (Å²) in [5, 5.41) is 24.6. The molecule has 4 aliphatic rings. The zero-order valence-corrected chi connectivity index (χ0v) is 38.1. The van der Waals surface area contributed by atoms with Gasteiger partial charge in [-0.3, -0.25) is 0 Å². The number of fused-ring (bicyclic) bond motifs is 2. The van der Waals surface area contributed by atoms with E-state index in [0.717, 1.165) is 89.4 Å². The van der Waals surface area contributed by atoms with Crippen LogP contribution in [0.3, 0.4) is 0 Å². The van der Waals surface area contributed by atoms with Gasteiger partial charge in [-0.25, -0.2) is 9.98 Å². The van der Waals surface area contributed by atoms with Crippen LogP contribution in [-0.2, 0) is 8.85 Å². The first-order valence-corrected chi connectivity index (χ1v) is 24.5. The quantitative estimate of drug-likeness (QED) is 0.128. The van der Waals surface area contributed by atoms with Crippen molar-refractivity contribution in [3.05, 3.63) is 297 Å². The standard InChI is InChI=1S/C60H40N6O2Si/c61-39-55(41-19-7-1-8-20-41)67-69(68-56(40-62)42-21-9-2-10-22-42)65-51-35-36-52(65)59(45-27-15-5-16-28-45)49-33-34-50(64-49)60(46-29-17-6-18-30-46)54-38-37-53(66(54)69)58(44-25-13-4-14-26-44)48-32-31-47(63-48)57(51)43-23-11-3-12-24-43/h1-38,55-56H. The molecule has 8 nitrogen and oxygen atoms in total. The average molecular weight is 905 g/mol. The summed E-state index contributed by atoms with van der Waals surface area (Å²) in [6.45, 7) is 0.